The monoisotopic (exact) mass is 477 g/mol. The third kappa shape index (κ3) is 20.9. The van der Waals surface area contributed by atoms with Crippen molar-refractivity contribution in [1.82, 2.24) is 0 Å². The fourth-order valence-electron chi connectivity index (χ4n) is 4.46. The van der Waals surface area contributed by atoms with Crippen molar-refractivity contribution >= 4 is 5.91 Å². The van der Waals surface area contributed by atoms with E-state index in [0.29, 0.717) is 12.3 Å². The fraction of sp³-hybridized carbons (Fsp3) is 0.667. The van der Waals surface area contributed by atoms with E-state index in [1.807, 2.05) is 0 Å². The summed E-state index contributed by atoms with van der Waals surface area (Å²) in [6.45, 7) is 2.36. The maximum Gasteiger partial charge on any atom is 0.217 e. The average Bonchev–Trinajstić information content (AvgIpc) is 2.86. The average molecular weight is 478 g/mol. The molecule has 2 N–H and O–H groups in total. The van der Waals surface area contributed by atoms with Crippen LogP contribution >= 0.6 is 0 Å². The molecule has 0 fully saturated rings. The summed E-state index contributed by atoms with van der Waals surface area (Å²) < 4.78 is 0. The second-order valence-corrected chi connectivity index (χ2v) is 10.1. The molecule has 1 aromatic carbocycles. The van der Waals surface area contributed by atoms with Gasteiger partial charge in [-0.05, 0) is 49.0 Å². The zero-order valence-electron chi connectivity index (χ0n) is 22.6. The number of unbranched alkanes of at least 4 members (excludes halogenated alkanes) is 16. The van der Waals surface area contributed by atoms with Crippen LogP contribution in [0.1, 0.15) is 147 Å². The molecule has 0 spiro atoms. The number of carbonyl (C=O) groups is 1. The standard InChI is InChI=1S/C33H51NO/c1-31(32-28-24-22-25-29-32)27-23-20-18-16-14-12-10-8-6-4-2-3-5-7-9-11-13-15-17-19-21-26-30-33(34)35/h22,24-25,28-29,31H,2,4,6,8,10-21,23,26-27,30H2,1H3,(H2,34,35). The summed E-state index contributed by atoms with van der Waals surface area (Å²) in [6.07, 6.45) is 24.2. The van der Waals surface area contributed by atoms with Gasteiger partial charge in [-0.2, -0.15) is 0 Å². The van der Waals surface area contributed by atoms with Crippen LogP contribution in [0.15, 0.2) is 30.3 Å². The van der Waals surface area contributed by atoms with E-state index >= 15 is 0 Å². The molecule has 2 nitrogen and oxygen atoms in total. The molecule has 194 valence electrons. The Morgan fingerprint density at radius 1 is 0.657 bits per heavy atom. The van der Waals surface area contributed by atoms with Crippen molar-refractivity contribution in [3.05, 3.63) is 35.9 Å². The highest BCUT2D eigenvalue weighted by atomic mass is 16.1. The van der Waals surface area contributed by atoms with Crippen LogP contribution < -0.4 is 5.73 Å². The predicted octanol–water partition coefficient (Wildman–Crippen LogP) is 9.08. The van der Waals surface area contributed by atoms with Gasteiger partial charge < -0.3 is 5.73 Å². The Morgan fingerprint density at radius 2 is 1.09 bits per heavy atom. The Balaban J connectivity index is 1.79. The van der Waals surface area contributed by atoms with Crippen molar-refractivity contribution in [2.45, 2.75) is 141 Å². The van der Waals surface area contributed by atoms with Gasteiger partial charge in [-0.25, -0.2) is 0 Å². The van der Waals surface area contributed by atoms with Gasteiger partial charge in [-0.3, -0.25) is 4.79 Å². The zero-order valence-corrected chi connectivity index (χ0v) is 22.6. The lowest BCUT2D eigenvalue weighted by Gasteiger charge is -2.11. The topological polar surface area (TPSA) is 43.1 Å². The summed E-state index contributed by atoms with van der Waals surface area (Å²) in [5, 5.41) is 0. The van der Waals surface area contributed by atoms with Crippen LogP contribution in [0.3, 0.4) is 0 Å². The summed E-state index contributed by atoms with van der Waals surface area (Å²) >= 11 is 0. The van der Waals surface area contributed by atoms with E-state index in [4.69, 9.17) is 5.73 Å². The van der Waals surface area contributed by atoms with Crippen molar-refractivity contribution in [2.24, 2.45) is 5.73 Å². The van der Waals surface area contributed by atoms with Gasteiger partial charge in [0.2, 0.25) is 5.91 Å². The van der Waals surface area contributed by atoms with Crippen molar-refractivity contribution in [2.75, 3.05) is 0 Å². The van der Waals surface area contributed by atoms with Crippen molar-refractivity contribution in [3.63, 3.8) is 0 Å². The molecule has 1 atom stereocenters. The highest BCUT2D eigenvalue weighted by Crippen LogP contribution is 2.22. The first kappa shape index (κ1) is 30.8. The van der Waals surface area contributed by atoms with E-state index in [0.717, 1.165) is 32.1 Å². The van der Waals surface area contributed by atoms with Crippen LogP contribution in [0.4, 0.5) is 0 Å². The van der Waals surface area contributed by atoms with Crippen molar-refractivity contribution in [3.8, 4) is 23.7 Å². The molecule has 0 radical (unpaired) electrons. The van der Waals surface area contributed by atoms with Crippen LogP contribution in [0, 0.1) is 23.7 Å². The van der Waals surface area contributed by atoms with Crippen LogP contribution in [0.2, 0.25) is 0 Å². The lowest BCUT2D eigenvalue weighted by molar-refractivity contribution is -0.118. The number of hydrogen-bond donors (Lipinski definition) is 1. The van der Waals surface area contributed by atoms with E-state index in [9.17, 15) is 4.79 Å². The number of rotatable bonds is 21. The molecule has 1 aromatic rings. The van der Waals surface area contributed by atoms with E-state index < -0.39 is 0 Å². The minimum absolute atomic E-state index is 0.182. The van der Waals surface area contributed by atoms with Gasteiger partial charge in [0.05, 0.1) is 0 Å². The minimum atomic E-state index is -0.182. The summed E-state index contributed by atoms with van der Waals surface area (Å²) in [5.41, 5.74) is 6.62. The first-order chi connectivity index (χ1) is 17.2. The van der Waals surface area contributed by atoms with Crippen LogP contribution in [0.5, 0.6) is 0 Å². The first-order valence-corrected chi connectivity index (χ1v) is 14.5. The lowest BCUT2D eigenvalue weighted by Crippen LogP contribution is -2.09. The smallest absolute Gasteiger partial charge is 0.217 e. The molecular formula is C33H51NO. The Labute approximate surface area is 217 Å². The quantitative estimate of drug-likeness (QED) is 0.139. The molecule has 2 heteroatoms. The molecule has 0 bridgehead atoms. The molecule has 1 rings (SSSR count). The maximum absolute atomic E-state index is 10.7. The minimum Gasteiger partial charge on any atom is -0.370 e. The van der Waals surface area contributed by atoms with Crippen molar-refractivity contribution < 1.29 is 4.79 Å². The van der Waals surface area contributed by atoms with Gasteiger partial charge in [-0.15, -0.1) is 0 Å². The first-order valence-electron chi connectivity index (χ1n) is 14.5. The van der Waals surface area contributed by atoms with Gasteiger partial charge in [-0.1, -0.05) is 133 Å². The molecule has 0 saturated carbocycles. The van der Waals surface area contributed by atoms with E-state index in [-0.39, 0.29) is 5.91 Å². The number of nitrogens with two attached hydrogens (primary N) is 1. The maximum atomic E-state index is 10.7. The van der Waals surface area contributed by atoms with Gasteiger partial charge in [0, 0.05) is 19.3 Å². The molecule has 0 aliphatic rings. The molecule has 0 heterocycles. The third-order valence-corrected chi connectivity index (χ3v) is 6.77. The second kappa shape index (κ2) is 23.5. The SMILES string of the molecule is CC(CCCCCCCCCCCCC#CC#CCCCCCCCCC(N)=O)c1ccccc1. The Morgan fingerprint density at radius 3 is 1.57 bits per heavy atom. The largest absolute Gasteiger partial charge is 0.370 e. The summed E-state index contributed by atoms with van der Waals surface area (Å²) in [5.74, 6) is 12.9. The van der Waals surface area contributed by atoms with E-state index in [1.165, 1.54) is 95.5 Å². The van der Waals surface area contributed by atoms with Crippen molar-refractivity contribution in [1.29, 1.82) is 0 Å². The number of carbonyl (C=O) groups excluding carboxylic acids is 1. The predicted molar refractivity (Wildman–Crippen MR) is 152 cm³/mol. The van der Waals surface area contributed by atoms with Crippen LogP contribution in [0.25, 0.3) is 0 Å². The Hall–Kier alpha value is -2.19. The lowest BCUT2D eigenvalue weighted by atomic mass is 9.95. The molecule has 0 aliphatic heterocycles. The third-order valence-electron chi connectivity index (χ3n) is 6.77. The number of primary amides is 1. The number of amides is 1. The molecule has 35 heavy (non-hydrogen) atoms. The highest BCUT2D eigenvalue weighted by Gasteiger charge is 2.04. The van der Waals surface area contributed by atoms with Gasteiger partial charge in [0.1, 0.15) is 0 Å². The summed E-state index contributed by atoms with van der Waals surface area (Å²) in [4.78, 5) is 10.7. The van der Waals surface area contributed by atoms with E-state index in [2.05, 4.69) is 60.9 Å². The molecule has 0 aromatic heterocycles. The molecule has 1 unspecified atom stereocenters. The fourth-order valence-corrected chi connectivity index (χ4v) is 4.46. The summed E-state index contributed by atoms with van der Waals surface area (Å²) in [6, 6.07) is 10.9. The number of hydrogen-bond acceptors (Lipinski definition) is 1. The Kier molecular flexibility index (Phi) is 20.7. The second-order valence-electron chi connectivity index (χ2n) is 10.1. The van der Waals surface area contributed by atoms with E-state index in [1.54, 1.807) is 0 Å². The molecule has 1 amide bonds. The Bertz CT molecular complexity index is 746. The molecule has 0 saturated heterocycles. The summed E-state index contributed by atoms with van der Waals surface area (Å²) in [7, 11) is 0. The zero-order chi connectivity index (χ0) is 25.2. The highest BCUT2D eigenvalue weighted by molar-refractivity contribution is 5.73. The molecule has 0 aliphatic carbocycles. The number of benzene rings is 1. The van der Waals surface area contributed by atoms with Gasteiger partial charge in [0.25, 0.3) is 0 Å². The normalized spacial score (nSPS) is 11.2. The van der Waals surface area contributed by atoms with Crippen LogP contribution in [-0.2, 0) is 4.79 Å². The van der Waals surface area contributed by atoms with Gasteiger partial charge >= 0.3 is 0 Å². The van der Waals surface area contributed by atoms with Gasteiger partial charge in [0.15, 0.2) is 0 Å². The van der Waals surface area contributed by atoms with Crippen LogP contribution in [-0.4, -0.2) is 5.91 Å². The molecular weight excluding hydrogens is 426 g/mol.